The highest BCUT2D eigenvalue weighted by molar-refractivity contribution is 6.21. The first-order chi connectivity index (χ1) is 11.1. The number of rotatable bonds is 4. The van der Waals surface area contributed by atoms with E-state index in [0.29, 0.717) is 16.8 Å². The molecule has 0 fully saturated rings. The Balaban J connectivity index is 1.69. The molecule has 0 unspecified atom stereocenters. The van der Waals surface area contributed by atoms with Crippen molar-refractivity contribution in [1.82, 2.24) is 4.90 Å². The maximum absolute atomic E-state index is 12.3. The summed E-state index contributed by atoms with van der Waals surface area (Å²) in [5, 5.41) is 2.78. The summed E-state index contributed by atoms with van der Waals surface area (Å²) in [6, 6.07) is 15.8. The van der Waals surface area contributed by atoms with Gasteiger partial charge in [0, 0.05) is 12.2 Å². The number of imide groups is 1. The van der Waals surface area contributed by atoms with Gasteiger partial charge in [0.15, 0.2) is 0 Å². The van der Waals surface area contributed by atoms with Gasteiger partial charge in [-0.25, -0.2) is 0 Å². The zero-order valence-electron chi connectivity index (χ0n) is 12.7. The van der Waals surface area contributed by atoms with Crippen molar-refractivity contribution in [1.29, 1.82) is 0 Å². The van der Waals surface area contributed by atoms with Gasteiger partial charge in [0.2, 0.25) is 5.91 Å². The molecular formula is C18H16N2O3. The fourth-order valence-electron chi connectivity index (χ4n) is 2.55. The number of nitrogens with zero attached hydrogens (tertiary/aromatic N) is 1. The van der Waals surface area contributed by atoms with Crippen LogP contribution < -0.4 is 5.32 Å². The van der Waals surface area contributed by atoms with Crippen molar-refractivity contribution >= 4 is 23.4 Å². The number of hydrogen-bond donors (Lipinski definition) is 1. The second kappa shape index (κ2) is 6.04. The molecule has 3 amide bonds. The van der Waals surface area contributed by atoms with Gasteiger partial charge in [-0.15, -0.1) is 0 Å². The molecule has 0 aliphatic carbocycles. The van der Waals surface area contributed by atoms with E-state index >= 15 is 0 Å². The molecule has 0 radical (unpaired) electrons. The Kier molecular flexibility index (Phi) is 3.93. The lowest BCUT2D eigenvalue weighted by Crippen LogP contribution is -2.37. The molecule has 0 spiro atoms. The van der Waals surface area contributed by atoms with E-state index in [9.17, 15) is 14.4 Å². The summed E-state index contributed by atoms with van der Waals surface area (Å²) in [6.07, 6.45) is 0. The van der Waals surface area contributed by atoms with Crippen LogP contribution in [-0.2, 0) is 4.79 Å². The zero-order chi connectivity index (χ0) is 16.4. The molecule has 1 atom stereocenters. The van der Waals surface area contributed by atoms with Crippen LogP contribution in [0.3, 0.4) is 0 Å². The third kappa shape index (κ3) is 2.85. The molecule has 1 aliphatic rings. The van der Waals surface area contributed by atoms with Crippen molar-refractivity contribution < 1.29 is 14.4 Å². The van der Waals surface area contributed by atoms with Crippen LogP contribution in [-0.4, -0.2) is 29.2 Å². The first-order valence-electron chi connectivity index (χ1n) is 7.39. The number of hydrogen-bond acceptors (Lipinski definition) is 3. The number of fused-ring (bicyclic) bond motifs is 1. The standard InChI is InChI=1S/C18H16N2O3/c1-12(16(21)19-13-7-3-2-4-8-13)11-20-17(22)14-9-5-6-10-15(14)18(20)23/h2-10,12H,11H2,1H3,(H,19,21)/t12-/m0/s1. The largest absolute Gasteiger partial charge is 0.326 e. The summed E-state index contributed by atoms with van der Waals surface area (Å²) in [5.41, 5.74) is 1.48. The van der Waals surface area contributed by atoms with Gasteiger partial charge in [-0.2, -0.15) is 0 Å². The number of benzene rings is 2. The zero-order valence-corrected chi connectivity index (χ0v) is 12.7. The van der Waals surface area contributed by atoms with E-state index in [2.05, 4.69) is 5.32 Å². The molecule has 1 heterocycles. The summed E-state index contributed by atoms with van der Waals surface area (Å²) in [4.78, 5) is 38.0. The highest BCUT2D eigenvalue weighted by Crippen LogP contribution is 2.23. The van der Waals surface area contributed by atoms with Gasteiger partial charge in [-0.3, -0.25) is 19.3 Å². The molecule has 1 aliphatic heterocycles. The molecule has 2 aromatic carbocycles. The van der Waals surface area contributed by atoms with Crippen molar-refractivity contribution in [3.63, 3.8) is 0 Å². The minimum Gasteiger partial charge on any atom is -0.326 e. The molecule has 0 saturated heterocycles. The number of amides is 3. The van der Waals surface area contributed by atoms with E-state index in [4.69, 9.17) is 0 Å². The number of para-hydroxylation sites is 1. The summed E-state index contributed by atoms with van der Waals surface area (Å²) < 4.78 is 0. The van der Waals surface area contributed by atoms with Crippen LogP contribution in [0, 0.1) is 5.92 Å². The quantitative estimate of drug-likeness (QED) is 0.883. The van der Waals surface area contributed by atoms with Crippen LogP contribution in [0.25, 0.3) is 0 Å². The fourth-order valence-corrected chi connectivity index (χ4v) is 2.55. The van der Waals surface area contributed by atoms with Gasteiger partial charge < -0.3 is 5.32 Å². The maximum Gasteiger partial charge on any atom is 0.261 e. The summed E-state index contributed by atoms with van der Waals surface area (Å²) in [5.74, 6) is -1.42. The number of nitrogens with one attached hydrogen (secondary N) is 1. The van der Waals surface area contributed by atoms with Crippen LogP contribution in [0.2, 0.25) is 0 Å². The van der Waals surface area contributed by atoms with Crippen LogP contribution in [0.5, 0.6) is 0 Å². The van der Waals surface area contributed by atoms with E-state index in [0.717, 1.165) is 4.90 Å². The van der Waals surface area contributed by atoms with Gasteiger partial charge in [0.05, 0.1) is 17.0 Å². The van der Waals surface area contributed by atoms with Crippen molar-refractivity contribution in [2.75, 3.05) is 11.9 Å². The summed E-state index contributed by atoms with van der Waals surface area (Å²) in [6.45, 7) is 1.76. The van der Waals surface area contributed by atoms with Crippen molar-refractivity contribution in [3.8, 4) is 0 Å². The van der Waals surface area contributed by atoms with E-state index in [-0.39, 0.29) is 24.3 Å². The topological polar surface area (TPSA) is 66.5 Å². The lowest BCUT2D eigenvalue weighted by molar-refractivity contribution is -0.119. The Morgan fingerprint density at radius 3 is 2.04 bits per heavy atom. The van der Waals surface area contributed by atoms with Gasteiger partial charge >= 0.3 is 0 Å². The average Bonchev–Trinajstić information content (AvgIpc) is 2.81. The van der Waals surface area contributed by atoms with Crippen molar-refractivity contribution in [2.24, 2.45) is 5.92 Å². The average molecular weight is 308 g/mol. The maximum atomic E-state index is 12.3. The highest BCUT2D eigenvalue weighted by Gasteiger charge is 2.36. The molecule has 2 aromatic rings. The second-order valence-corrected chi connectivity index (χ2v) is 5.52. The number of carbonyl (C=O) groups excluding carboxylic acids is 3. The first-order valence-corrected chi connectivity index (χ1v) is 7.39. The van der Waals surface area contributed by atoms with Gasteiger partial charge in [-0.05, 0) is 24.3 Å². The second-order valence-electron chi connectivity index (χ2n) is 5.52. The van der Waals surface area contributed by atoms with Crippen molar-refractivity contribution in [3.05, 3.63) is 65.7 Å². The van der Waals surface area contributed by atoms with Crippen molar-refractivity contribution in [2.45, 2.75) is 6.92 Å². The lowest BCUT2D eigenvalue weighted by atomic mass is 10.1. The van der Waals surface area contributed by atoms with Crippen LogP contribution in [0.1, 0.15) is 27.6 Å². The first kappa shape index (κ1) is 15.0. The SMILES string of the molecule is C[C@@H](CN1C(=O)c2ccccc2C1=O)C(=O)Nc1ccccc1. The minimum atomic E-state index is -0.502. The molecule has 0 bridgehead atoms. The molecule has 3 rings (SSSR count). The lowest BCUT2D eigenvalue weighted by Gasteiger charge is -2.19. The Morgan fingerprint density at radius 1 is 0.957 bits per heavy atom. The number of carbonyl (C=O) groups is 3. The third-order valence-electron chi connectivity index (χ3n) is 3.82. The van der Waals surface area contributed by atoms with Crippen LogP contribution in [0.4, 0.5) is 5.69 Å². The Morgan fingerprint density at radius 2 is 1.48 bits per heavy atom. The number of anilines is 1. The third-order valence-corrected chi connectivity index (χ3v) is 3.82. The van der Waals surface area contributed by atoms with Crippen LogP contribution in [0.15, 0.2) is 54.6 Å². The van der Waals surface area contributed by atoms with Crippen LogP contribution >= 0.6 is 0 Å². The Hall–Kier alpha value is -2.95. The van der Waals surface area contributed by atoms with E-state index in [1.807, 2.05) is 18.2 Å². The molecule has 1 N–H and O–H groups in total. The Bertz CT molecular complexity index is 736. The monoisotopic (exact) mass is 308 g/mol. The molecule has 23 heavy (non-hydrogen) atoms. The summed E-state index contributed by atoms with van der Waals surface area (Å²) in [7, 11) is 0. The highest BCUT2D eigenvalue weighted by atomic mass is 16.2. The van der Waals surface area contributed by atoms with Gasteiger partial charge in [0.25, 0.3) is 11.8 Å². The van der Waals surface area contributed by atoms with Gasteiger partial charge in [-0.1, -0.05) is 37.3 Å². The molecule has 0 aromatic heterocycles. The van der Waals surface area contributed by atoms with E-state index in [1.165, 1.54) is 0 Å². The molecule has 5 nitrogen and oxygen atoms in total. The molecule has 0 saturated carbocycles. The predicted molar refractivity (Wildman–Crippen MR) is 86.0 cm³/mol. The molecule has 5 heteroatoms. The van der Waals surface area contributed by atoms with E-state index in [1.54, 1.807) is 43.3 Å². The predicted octanol–water partition coefficient (Wildman–Crippen LogP) is 2.56. The molecule has 116 valence electrons. The normalized spacial score (nSPS) is 14.6. The smallest absolute Gasteiger partial charge is 0.261 e. The fraction of sp³-hybridized carbons (Fsp3) is 0.167. The Labute approximate surface area is 133 Å². The van der Waals surface area contributed by atoms with Gasteiger partial charge in [0.1, 0.15) is 0 Å². The summed E-state index contributed by atoms with van der Waals surface area (Å²) >= 11 is 0. The molecular weight excluding hydrogens is 292 g/mol. The minimum absolute atomic E-state index is 0.0605. The van der Waals surface area contributed by atoms with E-state index < -0.39 is 5.92 Å².